The molecule has 6 heterocycles. The Hall–Kier alpha value is -4.14. The SMILES string of the molecule is C=CC(=O)N1CCC(N2CCN(Cc3cc4c(N5CCOCC5)nc(-c5cnc(NC(=O)OC)cc5F)nn4c3)CC2)CC1. The Labute approximate surface area is 255 Å². The van der Waals surface area contributed by atoms with E-state index in [9.17, 15) is 9.59 Å². The lowest BCUT2D eigenvalue weighted by molar-refractivity contribution is -0.127. The molecule has 3 saturated heterocycles. The summed E-state index contributed by atoms with van der Waals surface area (Å²) in [5.41, 5.74) is 2.08. The van der Waals surface area contributed by atoms with Crippen molar-refractivity contribution >= 4 is 29.2 Å². The van der Waals surface area contributed by atoms with Gasteiger partial charge in [0.1, 0.15) is 17.2 Å². The Morgan fingerprint density at radius 1 is 1.11 bits per heavy atom. The van der Waals surface area contributed by atoms with Crippen molar-refractivity contribution in [1.82, 2.24) is 34.3 Å². The van der Waals surface area contributed by atoms with Crippen LogP contribution in [0, 0.1) is 5.82 Å². The molecule has 0 unspecified atom stereocenters. The predicted molar refractivity (Wildman–Crippen MR) is 162 cm³/mol. The molecule has 1 N–H and O–H groups in total. The van der Waals surface area contributed by atoms with Crippen molar-refractivity contribution in [1.29, 1.82) is 0 Å². The van der Waals surface area contributed by atoms with Gasteiger partial charge < -0.3 is 19.3 Å². The topological polar surface area (TPSA) is 121 Å². The van der Waals surface area contributed by atoms with Crippen molar-refractivity contribution in [2.24, 2.45) is 0 Å². The highest BCUT2D eigenvalue weighted by Crippen LogP contribution is 2.28. The molecule has 3 aliphatic heterocycles. The van der Waals surface area contributed by atoms with Crippen molar-refractivity contribution in [3.63, 3.8) is 0 Å². The van der Waals surface area contributed by atoms with Gasteiger partial charge >= 0.3 is 6.09 Å². The molecular formula is C30H38FN9O4. The van der Waals surface area contributed by atoms with Crippen LogP contribution in [0.4, 0.5) is 20.8 Å². The molecule has 3 fully saturated rings. The quantitative estimate of drug-likeness (QED) is 0.401. The number of carbonyl (C=O) groups excluding carboxylic acids is 2. The van der Waals surface area contributed by atoms with Gasteiger partial charge in [0.15, 0.2) is 11.6 Å². The molecule has 234 valence electrons. The van der Waals surface area contributed by atoms with E-state index in [-0.39, 0.29) is 23.1 Å². The molecule has 3 aromatic heterocycles. The summed E-state index contributed by atoms with van der Waals surface area (Å²) in [4.78, 5) is 41.5. The van der Waals surface area contributed by atoms with Gasteiger partial charge in [0.25, 0.3) is 0 Å². The van der Waals surface area contributed by atoms with Gasteiger partial charge in [-0.3, -0.25) is 19.9 Å². The van der Waals surface area contributed by atoms with Crippen LogP contribution in [-0.4, -0.2) is 125 Å². The molecule has 2 amide bonds. The van der Waals surface area contributed by atoms with E-state index in [2.05, 4.69) is 47.5 Å². The van der Waals surface area contributed by atoms with E-state index < -0.39 is 11.9 Å². The summed E-state index contributed by atoms with van der Waals surface area (Å²) in [7, 11) is 1.22. The summed E-state index contributed by atoms with van der Waals surface area (Å²) in [6, 6.07) is 3.75. The molecule has 44 heavy (non-hydrogen) atoms. The molecule has 0 bridgehead atoms. The summed E-state index contributed by atoms with van der Waals surface area (Å²) >= 11 is 0. The largest absolute Gasteiger partial charge is 0.453 e. The summed E-state index contributed by atoms with van der Waals surface area (Å²) in [6.45, 7) is 12.3. The zero-order chi connectivity index (χ0) is 30.6. The van der Waals surface area contributed by atoms with E-state index >= 15 is 4.39 Å². The Bertz CT molecular complexity index is 1510. The van der Waals surface area contributed by atoms with Crippen LogP contribution < -0.4 is 10.2 Å². The number of pyridine rings is 1. The first-order chi connectivity index (χ1) is 21.4. The molecule has 0 aliphatic carbocycles. The number of piperazine rings is 1. The third-order valence-corrected chi connectivity index (χ3v) is 8.60. The second-order valence-corrected chi connectivity index (χ2v) is 11.3. The highest BCUT2D eigenvalue weighted by molar-refractivity contribution is 5.87. The van der Waals surface area contributed by atoms with Crippen molar-refractivity contribution in [3.05, 3.63) is 48.6 Å². The van der Waals surface area contributed by atoms with Crippen LogP contribution in [0.2, 0.25) is 0 Å². The lowest BCUT2D eigenvalue weighted by atomic mass is 10.0. The highest BCUT2D eigenvalue weighted by atomic mass is 19.1. The molecule has 3 aromatic rings. The summed E-state index contributed by atoms with van der Waals surface area (Å²) in [6.07, 6.45) is 5.96. The maximum absolute atomic E-state index is 15.2. The molecule has 0 atom stereocenters. The number of nitrogens with one attached hydrogen (secondary N) is 1. The average molecular weight is 608 g/mol. The summed E-state index contributed by atoms with van der Waals surface area (Å²) in [5.74, 6) is 0.359. The Morgan fingerprint density at radius 2 is 1.86 bits per heavy atom. The van der Waals surface area contributed by atoms with E-state index in [4.69, 9.17) is 9.72 Å². The number of carbonyl (C=O) groups is 2. The number of piperidine rings is 1. The minimum atomic E-state index is -0.736. The predicted octanol–water partition coefficient (Wildman–Crippen LogP) is 2.24. The lowest BCUT2D eigenvalue weighted by Gasteiger charge is -2.42. The maximum Gasteiger partial charge on any atom is 0.412 e. The molecule has 13 nitrogen and oxygen atoms in total. The van der Waals surface area contributed by atoms with E-state index in [0.717, 1.165) is 75.8 Å². The number of amides is 2. The summed E-state index contributed by atoms with van der Waals surface area (Å²) in [5, 5.41) is 7.04. The zero-order valence-corrected chi connectivity index (χ0v) is 25.0. The molecular weight excluding hydrogens is 569 g/mol. The van der Waals surface area contributed by atoms with Crippen LogP contribution in [0.25, 0.3) is 16.9 Å². The standard InChI is InChI=1S/C30H38FN9O4/c1-3-27(41)38-6-4-22(5-7-38)37-10-8-36(9-11-37)19-21-16-25-29(39-12-14-44-15-13-39)34-28(35-40(25)20-21)23-18-32-26(17-24(23)31)33-30(42)43-2/h3,16-18,20,22H,1,4-15,19H2,2H3,(H,32,33,42). The molecule has 6 rings (SSSR count). The monoisotopic (exact) mass is 607 g/mol. The van der Waals surface area contributed by atoms with Crippen molar-refractivity contribution in [2.75, 3.05) is 82.9 Å². The number of hydrogen-bond acceptors (Lipinski definition) is 10. The van der Waals surface area contributed by atoms with Crippen molar-refractivity contribution < 1.29 is 23.5 Å². The smallest absolute Gasteiger partial charge is 0.412 e. The Kier molecular flexibility index (Phi) is 9.00. The van der Waals surface area contributed by atoms with Gasteiger partial charge in [0, 0.05) is 83.4 Å². The number of hydrogen-bond donors (Lipinski definition) is 1. The van der Waals surface area contributed by atoms with Gasteiger partial charge in [-0.2, -0.15) is 0 Å². The number of anilines is 2. The van der Waals surface area contributed by atoms with Gasteiger partial charge in [-0.1, -0.05) is 6.58 Å². The number of halogens is 1. The number of morpholine rings is 1. The Balaban J connectivity index is 1.17. The second kappa shape index (κ2) is 13.2. The fraction of sp³-hybridized carbons (Fsp3) is 0.500. The first-order valence-corrected chi connectivity index (χ1v) is 15.0. The number of fused-ring (bicyclic) bond motifs is 1. The van der Waals surface area contributed by atoms with E-state index in [1.54, 1.807) is 4.52 Å². The first kappa shape index (κ1) is 29.9. The molecule has 0 radical (unpaired) electrons. The number of aromatic nitrogens is 4. The Morgan fingerprint density at radius 3 is 2.55 bits per heavy atom. The van der Waals surface area contributed by atoms with Crippen molar-refractivity contribution in [2.45, 2.75) is 25.4 Å². The molecule has 3 aliphatic rings. The number of rotatable bonds is 7. The van der Waals surface area contributed by atoms with Gasteiger partial charge in [0.05, 0.1) is 25.9 Å². The number of likely N-dealkylation sites (tertiary alicyclic amines) is 1. The lowest BCUT2D eigenvalue weighted by Crippen LogP contribution is -2.53. The van der Waals surface area contributed by atoms with Crippen LogP contribution >= 0.6 is 0 Å². The van der Waals surface area contributed by atoms with Gasteiger partial charge in [-0.05, 0) is 30.5 Å². The maximum atomic E-state index is 15.2. The number of ether oxygens (including phenoxy) is 2. The molecule has 0 aromatic carbocycles. The fourth-order valence-corrected chi connectivity index (χ4v) is 6.19. The van der Waals surface area contributed by atoms with Crippen LogP contribution in [0.3, 0.4) is 0 Å². The van der Waals surface area contributed by atoms with Gasteiger partial charge in [0.2, 0.25) is 5.91 Å². The van der Waals surface area contributed by atoms with Crippen molar-refractivity contribution in [3.8, 4) is 11.4 Å². The zero-order valence-electron chi connectivity index (χ0n) is 25.0. The molecule has 0 spiro atoms. The third kappa shape index (κ3) is 6.51. The molecule has 14 heteroatoms. The molecule has 0 saturated carbocycles. The van der Waals surface area contributed by atoms with Crippen LogP contribution in [0.1, 0.15) is 18.4 Å². The average Bonchev–Trinajstić information content (AvgIpc) is 3.47. The normalized spacial score (nSPS) is 18.9. The van der Waals surface area contributed by atoms with Crippen LogP contribution in [0.5, 0.6) is 0 Å². The van der Waals surface area contributed by atoms with Crippen LogP contribution in [0.15, 0.2) is 37.2 Å². The van der Waals surface area contributed by atoms with Gasteiger partial charge in [-0.25, -0.2) is 23.7 Å². The van der Waals surface area contributed by atoms with Gasteiger partial charge in [-0.15, -0.1) is 5.10 Å². The van der Waals surface area contributed by atoms with E-state index in [1.165, 1.54) is 19.4 Å². The number of nitrogens with zero attached hydrogens (tertiary/aromatic N) is 8. The highest BCUT2D eigenvalue weighted by Gasteiger charge is 2.29. The minimum Gasteiger partial charge on any atom is -0.453 e. The van der Waals surface area contributed by atoms with E-state index in [1.807, 2.05) is 11.1 Å². The van der Waals surface area contributed by atoms with Crippen LogP contribution in [-0.2, 0) is 20.8 Å². The second-order valence-electron chi connectivity index (χ2n) is 11.3. The fourth-order valence-electron chi connectivity index (χ4n) is 6.19. The van der Waals surface area contributed by atoms with E-state index in [0.29, 0.717) is 38.2 Å². The third-order valence-electron chi connectivity index (χ3n) is 8.60. The number of methoxy groups -OCH3 is 1. The summed E-state index contributed by atoms with van der Waals surface area (Å²) < 4.78 is 27.1. The first-order valence-electron chi connectivity index (χ1n) is 15.0. The minimum absolute atomic E-state index is 0.0226.